The van der Waals surface area contributed by atoms with Crippen LogP contribution in [0.1, 0.15) is 28.9 Å². The average Bonchev–Trinajstić information content (AvgIpc) is 3.35. The second-order valence-electron chi connectivity index (χ2n) is 5.65. The number of methoxy groups -OCH3 is 1. The maximum Gasteiger partial charge on any atom is 0.254 e. The zero-order chi connectivity index (χ0) is 15.7. The molecule has 1 saturated carbocycles. The van der Waals surface area contributed by atoms with Crippen LogP contribution in [0.3, 0.4) is 0 Å². The Morgan fingerprint density at radius 1 is 1.41 bits per heavy atom. The van der Waals surface area contributed by atoms with E-state index in [1.54, 1.807) is 12.0 Å². The number of fused-ring (bicyclic) bond motifs is 1. The molecule has 0 atom stereocenters. The van der Waals surface area contributed by atoms with Crippen molar-refractivity contribution < 1.29 is 14.6 Å². The number of aliphatic hydroxyl groups excluding tert-OH is 1. The third-order valence-corrected chi connectivity index (χ3v) is 3.96. The molecule has 0 unspecified atom stereocenters. The lowest BCUT2D eigenvalue weighted by Gasteiger charge is -2.22. The fourth-order valence-corrected chi connectivity index (χ4v) is 2.74. The average molecular weight is 300 g/mol. The van der Waals surface area contributed by atoms with Crippen molar-refractivity contribution in [3.63, 3.8) is 0 Å². The first kappa shape index (κ1) is 14.8. The van der Waals surface area contributed by atoms with Crippen molar-refractivity contribution in [1.29, 1.82) is 0 Å². The van der Waals surface area contributed by atoms with Gasteiger partial charge in [0, 0.05) is 23.7 Å². The van der Waals surface area contributed by atoms with Gasteiger partial charge < -0.3 is 14.7 Å². The second-order valence-corrected chi connectivity index (χ2v) is 5.65. The van der Waals surface area contributed by atoms with Crippen molar-refractivity contribution in [3.05, 3.63) is 35.5 Å². The highest BCUT2D eigenvalue weighted by Crippen LogP contribution is 2.30. The lowest BCUT2D eigenvalue weighted by atomic mass is 10.1. The molecule has 1 aliphatic rings. The van der Waals surface area contributed by atoms with Crippen molar-refractivity contribution in [3.8, 4) is 5.75 Å². The summed E-state index contributed by atoms with van der Waals surface area (Å²) in [5.74, 6) is 0.660. The quantitative estimate of drug-likeness (QED) is 0.919. The molecule has 22 heavy (non-hydrogen) atoms. The molecular formula is C17H20N2O3. The molecule has 5 heteroatoms. The molecular weight excluding hydrogens is 280 g/mol. The van der Waals surface area contributed by atoms with Gasteiger partial charge in [-0.3, -0.25) is 9.78 Å². The highest BCUT2D eigenvalue weighted by molar-refractivity contribution is 6.06. The van der Waals surface area contributed by atoms with Gasteiger partial charge in [-0.05, 0) is 44.0 Å². The summed E-state index contributed by atoms with van der Waals surface area (Å²) >= 11 is 0. The number of ether oxygens (including phenoxy) is 1. The van der Waals surface area contributed by atoms with E-state index in [0.29, 0.717) is 17.9 Å². The third-order valence-electron chi connectivity index (χ3n) is 3.96. The first-order valence-electron chi connectivity index (χ1n) is 7.51. The summed E-state index contributed by atoms with van der Waals surface area (Å²) in [6, 6.07) is 7.63. The van der Waals surface area contributed by atoms with E-state index < -0.39 is 0 Å². The topological polar surface area (TPSA) is 62.7 Å². The van der Waals surface area contributed by atoms with Gasteiger partial charge in [0.15, 0.2) is 0 Å². The van der Waals surface area contributed by atoms with Crippen LogP contribution in [0.15, 0.2) is 24.3 Å². The van der Waals surface area contributed by atoms with Crippen LogP contribution in [0.25, 0.3) is 10.9 Å². The van der Waals surface area contributed by atoms with Crippen molar-refractivity contribution in [2.24, 2.45) is 0 Å². The number of aromatic nitrogens is 1. The summed E-state index contributed by atoms with van der Waals surface area (Å²) in [5.41, 5.74) is 2.21. The Balaban J connectivity index is 2.09. The van der Waals surface area contributed by atoms with E-state index >= 15 is 0 Å². The molecule has 5 nitrogen and oxygen atoms in total. The third kappa shape index (κ3) is 2.76. The minimum absolute atomic E-state index is 0.0203. The minimum Gasteiger partial charge on any atom is -0.497 e. The van der Waals surface area contributed by atoms with Crippen LogP contribution in [-0.2, 0) is 0 Å². The number of rotatable bonds is 5. The van der Waals surface area contributed by atoms with E-state index in [4.69, 9.17) is 4.74 Å². The van der Waals surface area contributed by atoms with Crippen LogP contribution in [0.5, 0.6) is 5.75 Å². The molecule has 3 rings (SSSR count). The zero-order valence-electron chi connectivity index (χ0n) is 12.9. The van der Waals surface area contributed by atoms with Gasteiger partial charge in [0.1, 0.15) is 5.75 Å². The monoisotopic (exact) mass is 300 g/mol. The zero-order valence-corrected chi connectivity index (χ0v) is 12.9. The Kier molecular flexibility index (Phi) is 3.98. The van der Waals surface area contributed by atoms with Gasteiger partial charge >= 0.3 is 0 Å². The van der Waals surface area contributed by atoms with Crippen LogP contribution in [0.4, 0.5) is 0 Å². The smallest absolute Gasteiger partial charge is 0.254 e. The van der Waals surface area contributed by atoms with E-state index in [-0.39, 0.29) is 18.6 Å². The van der Waals surface area contributed by atoms with Crippen molar-refractivity contribution in [2.45, 2.75) is 25.8 Å². The van der Waals surface area contributed by atoms with Gasteiger partial charge in [-0.15, -0.1) is 0 Å². The van der Waals surface area contributed by atoms with Crippen LogP contribution < -0.4 is 4.74 Å². The summed E-state index contributed by atoms with van der Waals surface area (Å²) in [7, 11) is 1.60. The van der Waals surface area contributed by atoms with Gasteiger partial charge in [-0.25, -0.2) is 0 Å². The second kappa shape index (κ2) is 5.93. The number of carbonyl (C=O) groups is 1. The molecule has 1 aliphatic carbocycles. The number of nitrogens with zero attached hydrogens (tertiary/aromatic N) is 2. The van der Waals surface area contributed by atoms with E-state index in [1.807, 2.05) is 31.2 Å². The van der Waals surface area contributed by atoms with Crippen LogP contribution in [0, 0.1) is 6.92 Å². The molecule has 1 aromatic heterocycles. The first-order chi connectivity index (χ1) is 10.6. The van der Waals surface area contributed by atoms with E-state index in [9.17, 15) is 9.90 Å². The van der Waals surface area contributed by atoms with Crippen LogP contribution in [-0.4, -0.2) is 47.2 Å². The summed E-state index contributed by atoms with van der Waals surface area (Å²) in [5, 5.41) is 10.0. The maximum absolute atomic E-state index is 12.9. The van der Waals surface area contributed by atoms with Gasteiger partial charge in [-0.2, -0.15) is 0 Å². The number of hydrogen-bond donors (Lipinski definition) is 1. The van der Waals surface area contributed by atoms with Gasteiger partial charge in [0.2, 0.25) is 0 Å². The van der Waals surface area contributed by atoms with E-state index in [2.05, 4.69) is 4.98 Å². The Morgan fingerprint density at radius 3 is 2.82 bits per heavy atom. The lowest BCUT2D eigenvalue weighted by molar-refractivity contribution is 0.0709. The normalized spacial score (nSPS) is 14.1. The molecule has 1 aromatic carbocycles. The first-order valence-corrected chi connectivity index (χ1v) is 7.51. The van der Waals surface area contributed by atoms with Gasteiger partial charge in [0.25, 0.3) is 5.91 Å². The Labute approximate surface area is 129 Å². The van der Waals surface area contributed by atoms with Crippen molar-refractivity contribution in [1.82, 2.24) is 9.88 Å². The molecule has 0 saturated heterocycles. The molecule has 2 aromatic rings. The number of hydrogen-bond acceptors (Lipinski definition) is 4. The highest BCUT2D eigenvalue weighted by atomic mass is 16.5. The molecule has 1 heterocycles. The number of amides is 1. The lowest BCUT2D eigenvalue weighted by Crippen LogP contribution is -2.35. The maximum atomic E-state index is 12.9. The largest absolute Gasteiger partial charge is 0.497 e. The van der Waals surface area contributed by atoms with Crippen LogP contribution in [0.2, 0.25) is 0 Å². The van der Waals surface area contributed by atoms with E-state index in [0.717, 1.165) is 29.4 Å². The van der Waals surface area contributed by atoms with Gasteiger partial charge in [0.05, 0.1) is 24.8 Å². The number of pyridine rings is 1. The highest BCUT2D eigenvalue weighted by Gasteiger charge is 2.33. The molecule has 1 amide bonds. The van der Waals surface area contributed by atoms with E-state index in [1.165, 1.54) is 0 Å². The Hall–Kier alpha value is -2.14. The minimum atomic E-state index is -0.0414. The van der Waals surface area contributed by atoms with Crippen molar-refractivity contribution in [2.75, 3.05) is 20.3 Å². The van der Waals surface area contributed by atoms with Crippen LogP contribution >= 0.6 is 0 Å². The fourth-order valence-electron chi connectivity index (χ4n) is 2.74. The predicted molar refractivity (Wildman–Crippen MR) is 84.2 cm³/mol. The summed E-state index contributed by atoms with van der Waals surface area (Å²) in [6.07, 6.45) is 2.02. The molecule has 0 bridgehead atoms. The number of benzene rings is 1. The standard InChI is InChI=1S/C17H20N2O3/c1-11-9-15(17(21)19(7-8-20)12-3-4-12)14-10-13(22-2)5-6-16(14)18-11/h5-6,9-10,12,20H,3-4,7-8H2,1-2H3. The summed E-state index contributed by atoms with van der Waals surface area (Å²) in [4.78, 5) is 19.2. The summed E-state index contributed by atoms with van der Waals surface area (Å²) < 4.78 is 5.26. The predicted octanol–water partition coefficient (Wildman–Crippen LogP) is 2.15. The number of aliphatic hydroxyl groups is 1. The SMILES string of the molecule is COc1ccc2nc(C)cc(C(=O)N(CCO)C3CC3)c2c1. The molecule has 0 aliphatic heterocycles. The Bertz CT molecular complexity index is 710. The molecule has 0 radical (unpaired) electrons. The molecule has 1 N–H and O–H groups in total. The molecule has 1 fully saturated rings. The number of carbonyl (C=O) groups excluding carboxylic acids is 1. The Morgan fingerprint density at radius 2 is 2.18 bits per heavy atom. The molecule has 0 spiro atoms. The number of aryl methyl sites for hydroxylation is 1. The fraction of sp³-hybridized carbons (Fsp3) is 0.412. The summed E-state index contributed by atoms with van der Waals surface area (Å²) in [6.45, 7) is 2.23. The molecule has 116 valence electrons. The van der Waals surface area contributed by atoms with Crippen molar-refractivity contribution >= 4 is 16.8 Å². The van der Waals surface area contributed by atoms with Gasteiger partial charge in [-0.1, -0.05) is 0 Å².